The Hall–Kier alpha value is -5.12. The maximum atomic E-state index is 13.7. The number of carbonyl (C=O) groups excluding carboxylic acids is 1. The topological polar surface area (TPSA) is 116 Å². The number of benzene rings is 3. The van der Waals surface area contributed by atoms with Gasteiger partial charge in [0.05, 0.1) is 28.3 Å². The lowest BCUT2D eigenvalue weighted by Crippen LogP contribution is -2.32. The number of furan rings is 1. The van der Waals surface area contributed by atoms with Crippen LogP contribution in [0, 0.1) is 6.92 Å². The molecular formula is C33H28F6N4O5S. The van der Waals surface area contributed by atoms with E-state index in [1.54, 1.807) is 16.9 Å². The molecule has 2 aromatic heterocycles. The molecule has 0 bridgehead atoms. The standard InChI is InChI=1S/C33H28F6N4O5S/c1-3-4-13-28-40-43(26-11-7-6-10-25(26)32(34,35)36)31(45)42(28)19-21-14-16-22(17-15-21)23-9-5-8-12-27(23)49(46,47)41-30(44)24-18-20(2)48-29(24)33(37,38)39/h5-12,14-18H,3-4,13,19H2,1-2H3,(H,41,44). The number of carbonyl (C=O) groups is 1. The van der Waals surface area contributed by atoms with E-state index in [9.17, 15) is 44.3 Å². The summed E-state index contributed by atoms with van der Waals surface area (Å²) in [4.78, 5) is 25.8. The molecule has 0 aliphatic carbocycles. The van der Waals surface area contributed by atoms with Crippen molar-refractivity contribution in [1.29, 1.82) is 0 Å². The molecule has 0 saturated carbocycles. The molecule has 0 fully saturated rings. The average molecular weight is 707 g/mol. The number of nitrogens with zero attached hydrogens (tertiary/aromatic N) is 3. The van der Waals surface area contributed by atoms with E-state index >= 15 is 0 Å². The van der Waals surface area contributed by atoms with Crippen LogP contribution in [-0.4, -0.2) is 28.7 Å². The minimum Gasteiger partial charge on any atom is -0.456 e. The van der Waals surface area contributed by atoms with Crippen molar-refractivity contribution in [3.63, 3.8) is 0 Å². The Morgan fingerprint density at radius 3 is 2.22 bits per heavy atom. The Morgan fingerprint density at radius 2 is 1.57 bits per heavy atom. The van der Waals surface area contributed by atoms with Crippen molar-refractivity contribution < 1.29 is 44.0 Å². The molecular weight excluding hydrogens is 678 g/mol. The van der Waals surface area contributed by atoms with Gasteiger partial charge in [-0.05, 0) is 48.7 Å². The van der Waals surface area contributed by atoms with Gasteiger partial charge in [0, 0.05) is 12.0 Å². The normalized spacial score (nSPS) is 12.3. The van der Waals surface area contributed by atoms with Crippen LogP contribution in [0.3, 0.4) is 0 Å². The molecule has 2 heterocycles. The second-order valence-corrected chi connectivity index (χ2v) is 12.7. The predicted octanol–water partition coefficient (Wildman–Crippen LogP) is 7.15. The molecule has 0 unspecified atom stereocenters. The molecule has 0 aliphatic rings. The molecule has 258 valence electrons. The van der Waals surface area contributed by atoms with Gasteiger partial charge in [0.25, 0.3) is 15.9 Å². The van der Waals surface area contributed by atoms with E-state index in [2.05, 4.69) is 9.52 Å². The zero-order valence-electron chi connectivity index (χ0n) is 25.9. The second kappa shape index (κ2) is 13.4. The van der Waals surface area contributed by atoms with Crippen molar-refractivity contribution in [1.82, 2.24) is 19.1 Å². The Kier molecular flexibility index (Phi) is 9.63. The number of aromatic nitrogens is 3. The molecule has 5 rings (SSSR count). The van der Waals surface area contributed by atoms with Gasteiger partial charge in [0.15, 0.2) is 0 Å². The van der Waals surface area contributed by atoms with Crippen molar-refractivity contribution in [3.05, 3.63) is 123 Å². The fourth-order valence-corrected chi connectivity index (χ4v) is 6.40. The molecule has 0 saturated heterocycles. The molecule has 0 aliphatic heterocycles. The third kappa shape index (κ3) is 7.48. The van der Waals surface area contributed by atoms with Crippen LogP contribution < -0.4 is 10.4 Å². The van der Waals surface area contributed by atoms with Gasteiger partial charge in [0.2, 0.25) is 5.76 Å². The number of hydrogen-bond donors (Lipinski definition) is 1. The summed E-state index contributed by atoms with van der Waals surface area (Å²) < 4.78 is 116. The molecule has 5 aromatic rings. The van der Waals surface area contributed by atoms with Crippen LogP contribution in [0.2, 0.25) is 0 Å². The van der Waals surface area contributed by atoms with Gasteiger partial charge in [-0.3, -0.25) is 9.36 Å². The van der Waals surface area contributed by atoms with Crippen molar-refractivity contribution in [3.8, 4) is 16.8 Å². The zero-order valence-corrected chi connectivity index (χ0v) is 26.7. The van der Waals surface area contributed by atoms with Gasteiger partial charge in [-0.1, -0.05) is 67.9 Å². The quantitative estimate of drug-likeness (QED) is 0.154. The van der Waals surface area contributed by atoms with E-state index < -0.39 is 61.4 Å². The summed E-state index contributed by atoms with van der Waals surface area (Å²) in [6, 6.07) is 17.2. The fourth-order valence-electron chi connectivity index (χ4n) is 5.21. The summed E-state index contributed by atoms with van der Waals surface area (Å²) in [5.74, 6) is -3.12. The first-order valence-corrected chi connectivity index (χ1v) is 16.3. The summed E-state index contributed by atoms with van der Waals surface area (Å²) in [5, 5.41) is 4.25. The lowest BCUT2D eigenvalue weighted by atomic mass is 10.0. The number of halogens is 6. The minimum atomic E-state index is -5.04. The number of nitrogens with one attached hydrogen (secondary N) is 1. The first-order valence-electron chi connectivity index (χ1n) is 14.8. The number of aryl methyl sites for hydroxylation is 2. The first-order chi connectivity index (χ1) is 23.0. The van der Waals surface area contributed by atoms with Crippen molar-refractivity contribution >= 4 is 15.9 Å². The summed E-state index contributed by atoms with van der Waals surface area (Å²) in [7, 11) is -4.70. The third-order valence-electron chi connectivity index (χ3n) is 7.50. The molecule has 16 heteroatoms. The molecule has 3 aromatic carbocycles. The fraction of sp³-hybridized carbons (Fsp3) is 0.242. The van der Waals surface area contributed by atoms with E-state index in [4.69, 9.17) is 0 Å². The Bertz CT molecular complexity index is 2160. The van der Waals surface area contributed by atoms with Gasteiger partial charge in [0.1, 0.15) is 11.6 Å². The smallest absolute Gasteiger partial charge is 0.450 e. The van der Waals surface area contributed by atoms with E-state index in [1.807, 2.05) is 6.92 Å². The Labute approximate surface area is 275 Å². The number of rotatable bonds is 10. The highest BCUT2D eigenvalue weighted by atomic mass is 32.2. The Morgan fingerprint density at radius 1 is 0.918 bits per heavy atom. The van der Waals surface area contributed by atoms with Gasteiger partial charge in [-0.25, -0.2) is 17.9 Å². The highest BCUT2D eigenvalue weighted by molar-refractivity contribution is 7.90. The molecule has 1 amide bonds. The average Bonchev–Trinajstić information content (AvgIpc) is 3.59. The molecule has 0 spiro atoms. The van der Waals surface area contributed by atoms with E-state index in [0.717, 1.165) is 23.2 Å². The minimum absolute atomic E-state index is 0.0615. The molecule has 49 heavy (non-hydrogen) atoms. The van der Waals surface area contributed by atoms with Crippen molar-refractivity contribution in [2.45, 2.75) is 56.9 Å². The predicted molar refractivity (Wildman–Crippen MR) is 166 cm³/mol. The maximum absolute atomic E-state index is 13.7. The molecule has 0 atom stereocenters. The number of hydrogen-bond acceptors (Lipinski definition) is 6. The summed E-state index contributed by atoms with van der Waals surface area (Å²) in [6.07, 6.45) is -8.09. The monoisotopic (exact) mass is 706 g/mol. The molecule has 1 N–H and O–H groups in total. The lowest BCUT2D eigenvalue weighted by molar-refractivity contribution is -0.153. The van der Waals surface area contributed by atoms with Crippen LogP contribution in [0.5, 0.6) is 0 Å². The summed E-state index contributed by atoms with van der Waals surface area (Å²) in [5.41, 5.74) is -2.19. The lowest BCUT2D eigenvalue weighted by Gasteiger charge is -2.13. The van der Waals surface area contributed by atoms with E-state index in [0.29, 0.717) is 24.0 Å². The van der Waals surface area contributed by atoms with E-state index in [1.165, 1.54) is 66.1 Å². The molecule has 0 radical (unpaired) electrons. The number of unbranched alkanes of at least 4 members (excludes halogenated alkanes) is 1. The first kappa shape index (κ1) is 35.2. The second-order valence-electron chi connectivity index (χ2n) is 11.0. The SMILES string of the molecule is CCCCc1nn(-c2ccccc2C(F)(F)F)c(=O)n1Cc1ccc(-c2ccccc2S(=O)(=O)NC(=O)c2cc(C)oc2C(F)(F)F)cc1. The number of alkyl halides is 6. The van der Waals surface area contributed by atoms with Crippen LogP contribution in [0.15, 0.2) is 93.0 Å². The third-order valence-corrected chi connectivity index (χ3v) is 8.89. The Balaban J connectivity index is 1.45. The van der Waals surface area contributed by atoms with Crippen molar-refractivity contribution in [2.24, 2.45) is 0 Å². The highest BCUT2D eigenvalue weighted by Gasteiger charge is 2.41. The highest BCUT2D eigenvalue weighted by Crippen LogP contribution is 2.35. The van der Waals surface area contributed by atoms with Gasteiger partial charge < -0.3 is 4.42 Å². The van der Waals surface area contributed by atoms with Gasteiger partial charge >= 0.3 is 18.0 Å². The maximum Gasteiger partial charge on any atom is 0.450 e. The number of amides is 1. The van der Waals surface area contributed by atoms with Crippen LogP contribution >= 0.6 is 0 Å². The van der Waals surface area contributed by atoms with E-state index in [-0.39, 0.29) is 23.7 Å². The van der Waals surface area contributed by atoms with Crippen LogP contribution in [-0.2, 0) is 35.3 Å². The largest absolute Gasteiger partial charge is 0.456 e. The van der Waals surface area contributed by atoms with Crippen molar-refractivity contribution in [2.75, 3.05) is 0 Å². The number of para-hydroxylation sites is 1. The van der Waals surface area contributed by atoms with Crippen LogP contribution in [0.1, 0.15) is 58.6 Å². The molecule has 9 nitrogen and oxygen atoms in total. The zero-order chi connectivity index (χ0) is 35.7. The van der Waals surface area contributed by atoms with Gasteiger partial charge in [-0.2, -0.15) is 31.0 Å². The summed E-state index contributed by atoms with van der Waals surface area (Å²) >= 11 is 0. The van der Waals surface area contributed by atoms with Crippen LogP contribution in [0.4, 0.5) is 26.3 Å². The van der Waals surface area contributed by atoms with Gasteiger partial charge in [-0.15, -0.1) is 5.10 Å². The van der Waals surface area contributed by atoms with Crippen LogP contribution in [0.25, 0.3) is 16.8 Å². The summed E-state index contributed by atoms with van der Waals surface area (Å²) in [6.45, 7) is 3.04. The number of sulfonamides is 1.